The molecule has 1 heterocycles. The molecule has 1 fully saturated rings. The van der Waals surface area contributed by atoms with Crippen LogP contribution < -0.4 is 10.2 Å². The average molecular weight is 332 g/mol. The number of nitrogens with zero attached hydrogens (tertiary/aromatic N) is 1. The largest absolute Gasteiger partial charge is 0.367 e. The molecular formula is C14H20BrClN2. The molecule has 18 heavy (non-hydrogen) atoms. The predicted molar refractivity (Wildman–Crippen MR) is 82.6 cm³/mol. The second-order valence-electron chi connectivity index (χ2n) is 5.91. The van der Waals surface area contributed by atoms with E-state index in [2.05, 4.69) is 59.1 Å². The normalized spacial score (nSPS) is 21.2. The summed E-state index contributed by atoms with van der Waals surface area (Å²) in [7, 11) is 0. The van der Waals surface area contributed by atoms with Crippen molar-refractivity contribution in [3.05, 3.63) is 27.7 Å². The van der Waals surface area contributed by atoms with Crippen molar-refractivity contribution in [2.75, 3.05) is 24.5 Å². The van der Waals surface area contributed by atoms with Crippen LogP contribution in [-0.4, -0.2) is 25.7 Å². The number of halogens is 2. The van der Waals surface area contributed by atoms with Crippen LogP contribution in [0, 0.1) is 5.41 Å². The van der Waals surface area contributed by atoms with E-state index < -0.39 is 0 Å². The van der Waals surface area contributed by atoms with Gasteiger partial charge >= 0.3 is 0 Å². The van der Waals surface area contributed by atoms with E-state index >= 15 is 0 Å². The van der Waals surface area contributed by atoms with Crippen LogP contribution in [0.3, 0.4) is 0 Å². The summed E-state index contributed by atoms with van der Waals surface area (Å²) in [6.45, 7) is 9.85. The standard InChI is InChI=1S/C14H20BrClN2/c1-14(2,3)13-9-18(7-6-17-13)12-5-4-10(15)8-11(12)16/h4-5,8,13,17H,6-7,9H2,1-3H3. The number of nitrogens with one attached hydrogen (secondary N) is 1. The first-order valence-corrected chi connectivity index (χ1v) is 7.48. The lowest BCUT2D eigenvalue weighted by atomic mass is 9.85. The summed E-state index contributed by atoms with van der Waals surface area (Å²) >= 11 is 9.78. The summed E-state index contributed by atoms with van der Waals surface area (Å²) in [5.41, 5.74) is 1.40. The summed E-state index contributed by atoms with van der Waals surface area (Å²) in [5.74, 6) is 0. The topological polar surface area (TPSA) is 15.3 Å². The monoisotopic (exact) mass is 330 g/mol. The summed E-state index contributed by atoms with van der Waals surface area (Å²) in [4.78, 5) is 2.38. The van der Waals surface area contributed by atoms with Crippen LogP contribution in [0.15, 0.2) is 22.7 Å². The number of hydrogen-bond donors (Lipinski definition) is 1. The fourth-order valence-electron chi connectivity index (χ4n) is 2.29. The van der Waals surface area contributed by atoms with E-state index in [4.69, 9.17) is 11.6 Å². The van der Waals surface area contributed by atoms with Crippen molar-refractivity contribution < 1.29 is 0 Å². The van der Waals surface area contributed by atoms with E-state index in [1.54, 1.807) is 0 Å². The third-order valence-corrected chi connectivity index (χ3v) is 4.27. The molecule has 0 saturated carbocycles. The summed E-state index contributed by atoms with van der Waals surface area (Å²) in [6, 6.07) is 6.60. The lowest BCUT2D eigenvalue weighted by molar-refractivity contribution is 0.254. The molecule has 0 spiro atoms. The SMILES string of the molecule is CC(C)(C)C1CN(c2ccc(Br)cc2Cl)CCN1. The molecule has 0 aliphatic carbocycles. The Bertz CT molecular complexity index is 428. The van der Waals surface area contributed by atoms with E-state index in [9.17, 15) is 0 Å². The highest BCUT2D eigenvalue weighted by Gasteiger charge is 2.29. The highest BCUT2D eigenvalue weighted by Crippen LogP contribution is 2.31. The number of rotatable bonds is 1. The summed E-state index contributed by atoms with van der Waals surface area (Å²) in [5, 5.41) is 4.41. The molecule has 1 unspecified atom stereocenters. The highest BCUT2D eigenvalue weighted by molar-refractivity contribution is 9.10. The molecule has 1 saturated heterocycles. The van der Waals surface area contributed by atoms with Crippen LogP contribution in [0.2, 0.25) is 5.02 Å². The zero-order valence-corrected chi connectivity index (χ0v) is 13.5. The van der Waals surface area contributed by atoms with Crippen molar-refractivity contribution in [3.63, 3.8) is 0 Å². The second-order valence-corrected chi connectivity index (χ2v) is 7.24. The molecule has 1 atom stereocenters. The molecule has 0 amide bonds. The Kier molecular flexibility index (Phi) is 4.25. The molecule has 0 bridgehead atoms. The van der Waals surface area contributed by atoms with E-state index in [1.165, 1.54) is 0 Å². The van der Waals surface area contributed by atoms with E-state index in [0.717, 1.165) is 34.8 Å². The Morgan fingerprint density at radius 3 is 2.72 bits per heavy atom. The van der Waals surface area contributed by atoms with Crippen LogP contribution in [0.4, 0.5) is 5.69 Å². The Labute approximate surface area is 123 Å². The number of benzene rings is 1. The van der Waals surface area contributed by atoms with Gasteiger partial charge in [0.25, 0.3) is 0 Å². The lowest BCUT2D eigenvalue weighted by Crippen LogP contribution is -2.56. The molecule has 1 aliphatic rings. The van der Waals surface area contributed by atoms with Gasteiger partial charge < -0.3 is 10.2 Å². The van der Waals surface area contributed by atoms with Crippen molar-refractivity contribution in [1.82, 2.24) is 5.32 Å². The Morgan fingerprint density at radius 1 is 1.39 bits per heavy atom. The molecule has 1 aliphatic heterocycles. The Balaban J connectivity index is 2.18. The first-order valence-electron chi connectivity index (χ1n) is 6.31. The third kappa shape index (κ3) is 3.19. The Hall–Kier alpha value is -0.250. The summed E-state index contributed by atoms with van der Waals surface area (Å²) < 4.78 is 1.03. The van der Waals surface area contributed by atoms with Gasteiger partial charge in [-0.3, -0.25) is 0 Å². The molecule has 1 aromatic carbocycles. The van der Waals surface area contributed by atoms with E-state index in [-0.39, 0.29) is 5.41 Å². The molecule has 1 N–H and O–H groups in total. The van der Waals surface area contributed by atoms with Gasteiger partial charge in [-0.2, -0.15) is 0 Å². The van der Waals surface area contributed by atoms with Crippen molar-refractivity contribution in [1.29, 1.82) is 0 Å². The number of anilines is 1. The van der Waals surface area contributed by atoms with Crippen LogP contribution in [0.1, 0.15) is 20.8 Å². The molecule has 2 nitrogen and oxygen atoms in total. The minimum atomic E-state index is 0.264. The first kappa shape index (κ1) is 14.2. The van der Waals surface area contributed by atoms with E-state index in [0.29, 0.717) is 6.04 Å². The second kappa shape index (κ2) is 5.40. The molecule has 0 aromatic heterocycles. The maximum Gasteiger partial charge on any atom is 0.0650 e. The molecule has 4 heteroatoms. The first-order chi connectivity index (χ1) is 8.38. The highest BCUT2D eigenvalue weighted by atomic mass is 79.9. The van der Waals surface area contributed by atoms with Gasteiger partial charge in [0.05, 0.1) is 10.7 Å². The van der Waals surface area contributed by atoms with Gasteiger partial charge in [-0.1, -0.05) is 48.3 Å². The fourth-order valence-corrected chi connectivity index (χ4v) is 3.08. The zero-order valence-electron chi connectivity index (χ0n) is 11.1. The lowest BCUT2D eigenvalue weighted by Gasteiger charge is -2.41. The van der Waals surface area contributed by atoms with E-state index in [1.807, 2.05) is 6.07 Å². The van der Waals surface area contributed by atoms with Crippen molar-refractivity contribution in [3.8, 4) is 0 Å². The third-order valence-electron chi connectivity index (χ3n) is 3.47. The van der Waals surface area contributed by atoms with Gasteiger partial charge in [-0.25, -0.2) is 0 Å². The van der Waals surface area contributed by atoms with Gasteiger partial charge in [-0.15, -0.1) is 0 Å². The van der Waals surface area contributed by atoms with Crippen molar-refractivity contribution in [2.45, 2.75) is 26.8 Å². The minimum Gasteiger partial charge on any atom is -0.367 e. The van der Waals surface area contributed by atoms with Crippen molar-refractivity contribution >= 4 is 33.2 Å². The van der Waals surface area contributed by atoms with Crippen LogP contribution in [0.5, 0.6) is 0 Å². The molecule has 0 radical (unpaired) electrons. The summed E-state index contributed by atoms with van der Waals surface area (Å²) in [6.07, 6.45) is 0. The fraction of sp³-hybridized carbons (Fsp3) is 0.571. The minimum absolute atomic E-state index is 0.264. The maximum absolute atomic E-state index is 6.33. The average Bonchev–Trinajstić information content (AvgIpc) is 2.28. The molecule has 2 rings (SSSR count). The van der Waals surface area contributed by atoms with Crippen LogP contribution >= 0.6 is 27.5 Å². The number of piperazine rings is 1. The van der Waals surface area contributed by atoms with Gasteiger partial charge in [0.15, 0.2) is 0 Å². The van der Waals surface area contributed by atoms with Gasteiger partial charge in [0, 0.05) is 30.1 Å². The zero-order chi connectivity index (χ0) is 13.3. The predicted octanol–water partition coefficient (Wildman–Crippen LogP) is 3.93. The van der Waals surface area contributed by atoms with Crippen molar-refractivity contribution in [2.24, 2.45) is 5.41 Å². The van der Waals surface area contributed by atoms with Gasteiger partial charge in [0.1, 0.15) is 0 Å². The van der Waals surface area contributed by atoms with Crippen LogP contribution in [0.25, 0.3) is 0 Å². The molecule has 100 valence electrons. The molecule has 1 aromatic rings. The van der Waals surface area contributed by atoms with Gasteiger partial charge in [0.2, 0.25) is 0 Å². The quantitative estimate of drug-likeness (QED) is 0.839. The number of hydrogen-bond acceptors (Lipinski definition) is 2. The van der Waals surface area contributed by atoms with Crippen LogP contribution in [-0.2, 0) is 0 Å². The molecular weight excluding hydrogens is 312 g/mol. The van der Waals surface area contributed by atoms with Gasteiger partial charge in [-0.05, 0) is 23.6 Å². The maximum atomic E-state index is 6.33. The Morgan fingerprint density at radius 2 is 2.11 bits per heavy atom. The smallest absolute Gasteiger partial charge is 0.0650 e.